The van der Waals surface area contributed by atoms with Crippen LogP contribution in [-0.4, -0.2) is 45.2 Å². The molecule has 0 radical (unpaired) electrons. The van der Waals surface area contributed by atoms with E-state index in [0.29, 0.717) is 17.1 Å². The molecule has 4 aromatic carbocycles. The number of esters is 1. The van der Waals surface area contributed by atoms with Crippen molar-refractivity contribution in [1.29, 1.82) is 0 Å². The predicted molar refractivity (Wildman–Crippen MR) is 164 cm³/mol. The summed E-state index contributed by atoms with van der Waals surface area (Å²) in [4.78, 5) is 37.4. The molecular weight excluding hydrogens is 580 g/mol. The minimum absolute atomic E-state index is 0.165. The summed E-state index contributed by atoms with van der Waals surface area (Å²) < 4.78 is 37.8. The van der Waals surface area contributed by atoms with Gasteiger partial charge in [-0.3, -0.25) is 4.79 Å². The molecule has 0 saturated carbocycles. The molecule has 3 unspecified atom stereocenters. The van der Waals surface area contributed by atoms with Gasteiger partial charge in [0.05, 0.1) is 38.8 Å². The summed E-state index contributed by atoms with van der Waals surface area (Å²) in [5.41, 5.74) is 2.22. The molecule has 3 atom stereocenters. The Hall–Kier alpha value is -5.25. The summed E-state index contributed by atoms with van der Waals surface area (Å²) in [6.07, 6.45) is -2.36. The molecule has 1 aliphatic heterocycles. The molecular formula is C35H34O10. The lowest BCUT2D eigenvalue weighted by Gasteiger charge is -2.34. The third kappa shape index (κ3) is 7.29. The Morgan fingerprint density at radius 2 is 1.40 bits per heavy atom. The molecule has 4 aromatic rings. The standard InChI is InChI=1S/C35H34O10/c1-5-40-34(37)43-26-12-9-22(10-13-26)30-20-42-31-19-28(44-35(38)41-6-2)15-16-29(31)32(30)45-33(36)21(3)23-7-8-25-18-27(39-4)14-11-24(25)17-23/h7-19,21,30,32H,5-6,20H2,1-4H3. The SMILES string of the molecule is CCOC(=O)Oc1ccc(C2COc3cc(OC(=O)OCC)ccc3C2OC(=O)C(C)c2ccc3cc(OC)ccc3c2)cc1. The topological polar surface area (TPSA) is 116 Å². The zero-order chi connectivity index (χ0) is 31.9. The number of carbonyl (C=O) groups is 3. The van der Waals surface area contributed by atoms with E-state index in [4.69, 9.17) is 33.2 Å². The molecule has 1 heterocycles. The van der Waals surface area contributed by atoms with Crippen LogP contribution < -0.4 is 18.9 Å². The van der Waals surface area contributed by atoms with Gasteiger partial charge in [-0.25, -0.2) is 9.59 Å². The fraction of sp³-hybridized carbons (Fsp3) is 0.286. The smallest absolute Gasteiger partial charge is 0.497 e. The summed E-state index contributed by atoms with van der Waals surface area (Å²) >= 11 is 0. The number of carbonyl (C=O) groups excluding carboxylic acids is 3. The van der Waals surface area contributed by atoms with E-state index < -0.39 is 36.2 Å². The van der Waals surface area contributed by atoms with Crippen molar-refractivity contribution in [3.05, 3.63) is 95.6 Å². The Labute approximate surface area is 260 Å². The van der Waals surface area contributed by atoms with Crippen LogP contribution >= 0.6 is 0 Å². The van der Waals surface area contributed by atoms with E-state index in [2.05, 4.69) is 0 Å². The van der Waals surface area contributed by atoms with Crippen LogP contribution in [0.2, 0.25) is 0 Å². The number of hydrogen-bond donors (Lipinski definition) is 0. The van der Waals surface area contributed by atoms with Gasteiger partial charge in [-0.15, -0.1) is 0 Å². The van der Waals surface area contributed by atoms with E-state index in [0.717, 1.165) is 27.6 Å². The Balaban J connectivity index is 1.42. The quantitative estimate of drug-likeness (QED) is 0.107. The largest absolute Gasteiger partial charge is 0.513 e. The van der Waals surface area contributed by atoms with Crippen LogP contribution in [0.25, 0.3) is 10.8 Å². The lowest BCUT2D eigenvalue weighted by Crippen LogP contribution is -2.29. The fourth-order valence-corrected chi connectivity index (χ4v) is 5.11. The maximum atomic E-state index is 13.7. The zero-order valence-corrected chi connectivity index (χ0v) is 25.4. The number of benzene rings is 4. The van der Waals surface area contributed by atoms with Crippen LogP contribution in [0.1, 0.15) is 55.4 Å². The van der Waals surface area contributed by atoms with Gasteiger partial charge in [0, 0.05) is 11.6 Å². The average molecular weight is 615 g/mol. The highest BCUT2D eigenvalue weighted by atomic mass is 16.7. The van der Waals surface area contributed by atoms with Crippen LogP contribution in [0.5, 0.6) is 23.0 Å². The highest BCUT2D eigenvalue weighted by Crippen LogP contribution is 2.45. The van der Waals surface area contributed by atoms with Crippen LogP contribution in [0.3, 0.4) is 0 Å². The number of methoxy groups -OCH3 is 1. The summed E-state index contributed by atoms with van der Waals surface area (Å²) in [5.74, 6) is 0.327. The van der Waals surface area contributed by atoms with E-state index >= 15 is 0 Å². The predicted octanol–water partition coefficient (Wildman–Crippen LogP) is 7.48. The van der Waals surface area contributed by atoms with Crippen molar-refractivity contribution in [2.24, 2.45) is 0 Å². The van der Waals surface area contributed by atoms with Gasteiger partial charge in [0.25, 0.3) is 0 Å². The van der Waals surface area contributed by atoms with Crippen LogP contribution in [0.15, 0.2) is 78.9 Å². The third-order valence-corrected chi connectivity index (χ3v) is 7.48. The monoisotopic (exact) mass is 614 g/mol. The Kier molecular flexibility index (Phi) is 9.72. The molecule has 234 valence electrons. The van der Waals surface area contributed by atoms with Gasteiger partial charge < -0.3 is 33.2 Å². The summed E-state index contributed by atoms with van der Waals surface area (Å²) in [7, 11) is 1.62. The Morgan fingerprint density at radius 1 is 0.778 bits per heavy atom. The highest BCUT2D eigenvalue weighted by Gasteiger charge is 2.37. The molecule has 5 rings (SSSR count). The van der Waals surface area contributed by atoms with Crippen molar-refractivity contribution in [2.45, 2.75) is 38.7 Å². The van der Waals surface area contributed by atoms with Gasteiger partial charge in [0.1, 0.15) is 29.1 Å². The van der Waals surface area contributed by atoms with Gasteiger partial charge in [-0.2, -0.15) is 0 Å². The fourth-order valence-electron chi connectivity index (χ4n) is 5.11. The van der Waals surface area contributed by atoms with Crippen molar-refractivity contribution in [3.8, 4) is 23.0 Å². The van der Waals surface area contributed by atoms with Crippen molar-refractivity contribution >= 4 is 29.1 Å². The first-order valence-electron chi connectivity index (χ1n) is 14.6. The second-order valence-electron chi connectivity index (χ2n) is 10.3. The van der Waals surface area contributed by atoms with Crippen LogP contribution in [0, 0.1) is 0 Å². The first-order chi connectivity index (χ1) is 21.8. The van der Waals surface area contributed by atoms with E-state index in [1.807, 2.05) is 36.4 Å². The second kappa shape index (κ2) is 14.0. The van der Waals surface area contributed by atoms with E-state index in [-0.39, 0.29) is 25.6 Å². The molecule has 0 fully saturated rings. The first kappa shape index (κ1) is 31.2. The normalized spacial score (nSPS) is 16.0. The van der Waals surface area contributed by atoms with Crippen molar-refractivity contribution in [3.63, 3.8) is 0 Å². The lowest BCUT2D eigenvalue weighted by molar-refractivity contribution is -0.153. The van der Waals surface area contributed by atoms with E-state index in [9.17, 15) is 14.4 Å². The van der Waals surface area contributed by atoms with Crippen LogP contribution in [-0.2, 0) is 19.0 Å². The molecule has 45 heavy (non-hydrogen) atoms. The molecule has 0 aromatic heterocycles. The molecule has 10 heteroatoms. The summed E-state index contributed by atoms with van der Waals surface area (Å²) in [5, 5.41) is 1.97. The Morgan fingerprint density at radius 3 is 2.09 bits per heavy atom. The minimum atomic E-state index is -0.832. The van der Waals surface area contributed by atoms with Gasteiger partial charge in [0.15, 0.2) is 0 Å². The molecule has 0 saturated heterocycles. The van der Waals surface area contributed by atoms with Gasteiger partial charge >= 0.3 is 18.3 Å². The maximum Gasteiger partial charge on any atom is 0.513 e. The molecule has 0 aliphatic carbocycles. The molecule has 0 N–H and O–H groups in total. The molecule has 0 spiro atoms. The van der Waals surface area contributed by atoms with Gasteiger partial charge in [-0.1, -0.05) is 36.4 Å². The molecule has 0 amide bonds. The number of rotatable bonds is 9. The molecule has 0 bridgehead atoms. The van der Waals surface area contributed by atoms with Gasteiger partial charge in [0.2, 0.25) is 0 Å². The van der Waals surface area contributed by atoms with Crippen molar-refractivity contribution in [1.82, 2.24) is 0 Å². The second-order valence-corrected chi connectivity index (χ2v) is 10.3. The average Bonchev–Trinajstić information content (AvgIpc) is 3.04. The van der Waals surface area contributed by atoms with E-state index in [1.165, 1.54) is 0 Å². The maximum absolute atomic E-state index is 13.7. The Bertz CT molecular complexity index is 1680. The zero-order valence-electron chi connectivity index (χ0n) is 25.4. The summed E-state index contributed by atoms with van der Waals surface area (Å²) in [6.45, 7) is 5.71. The van der Waals surface area contributed by atoms with Crippen molar-refractivity contribution < 1.29 is 47.5 Å². The van der Waals surface area contributed by atoms with E-state index in [1.54, 1.807) is 70.3 Å². The number of ether oxygens (including phenoxy) is 7. The van der Waals surface area contributed by atoms with Gasteiger partial charge in [-0.05, 0) is 79.1 Å². The lowest BCUT2D eigenvalue weighted by atomic mass is 9.87. The molecule has 1 aliphatic rings. The first-order valence-corrected chi connectivity index (χ1v) is 14.6. The summed E-state index contributed by atoms with van der Waals surface area (Å²) in [6, 6.07) is 23.3. The third-order valence-electron chi connectivity index (χ3n) is 7.48. The number of fused-ring (bicyclic) bond motifs is 2. The number of hydrogen-bond acceptors (Lipinski definition) is 10. The minimum Gasteiger partial charge on any atom is -0.497 e. The molecule has 10 nitrogen and oxygen atoms in total. The van der Waals surface area contributed by atoms with Crippen LogP contribution in [0.4, 0.5) is 9.59 Å². The highest BCUT2D eigenvalue weighted by molar-refractivity contribution is 5.87. The van der Waals surface area contributed by atoms with Crippen molar-refractivity contribution in [2.75, 3.05) is 26.9 Å².